The largest absolute Gasteiger partial charge is 0.349 e. The normalized spacial score (nSPS) is 18.8. The molecular formula is C15H20N4O2. The summed E-state index contributed by atoms with van der Waals surface area (Å²) in [6.07, 6.45) is 6.10. The van der Waals surface area contributed by atoms with Crippen LogP contribution >= 0.6 is 0 Å². The minimum Gasteiger partial charge on any atom is -0.349 e. The summed E-state index contributed by atoms with van der Waals surface area (Å²) in [7, 11) is 1.82. The summed E-state index contributed by atoms with van der Waals surface area (Å²) in [5.41, 5.74) is 1.17. The molecule has 1 aromatic rings. The minimum atomic E-state index is -0.0776. The van der Waals surface area contributed by atoms with E-state index in [1.807, 2.05) is 11.9 Å². The first-order valence-corrected chi connectivity index (χ1v) is 7.45. The fraction of sp³-hybridized carbons (Fsp3) is 0.533. The molecule has 3 heterocycles. The van der Waals surface area contributed by atoms with Gasteiger partial charge >= 0.3 is 0 Å². The van der Waals surface area contributed by atoms with E-state index in [2.05, 4.69) is 10.3 Å². The smallest absolute Gasteiger partial charge is 0.255 e. The number of amides is 2. The van der Waals surface area contributed by atoms with E-state index >= 15 is 0 Å². The van der Waals surface area contributed by atoms with E-state index in [4.69, 9.17) is 0 Å². The van der Waals surface area contributed by atoms with Crippen LogP contribution in [0.5, 0.6) is 0 Å². The van der Waals surface area contributed by atoms with Crippen molar-refractivity contribution in [2.45, 2.75) is 25.7 Å². The lowest BCUT2D eigenvalue weighted by atomic mass is 10.2. The summed E-state index contributed by atoms with van der Waals surface area (Å²) in [5.74, 6) is 0.642. The molecule has 6 heteroatoms. The summed E-state index contributed by atoms with van der Waals surface area (Å²) in [6, 6.07) is 1.74. The summed E-state index contributed by atoms with van der Waals surface area (Å²) in [4.78, 5) is 32.2. The van der Waals surface area contributed by atoms with E-state index in [1.165, 1.54) is 12.8 Å². The van der Waals surface area contributed by atoms with Crippen molar-refractivity contribution in [3.05, 3.63) is 17.8 Å². The highest BCUT2D eigenvalue weighted by Crippen LogP contribution is 2.27. The van der Waals surface area contributed by atoms with E-state index < -0.39 is 0 Å². The van der Waals surface area contributed by atoms with Crippen LogP contribution in [0.3, 0.4) is 0 Å². The van der Waals surface area contributed by atoms with Crippen molar-refractivity contribution in [2.75, 3.05) is 36.9 Å². The lowest BCUT2D eigenvalue weighted by molar-refractivity contribution is -0.115. The number of hydrogen-bond acceptors (Lipinski definition) is 4. The van der Waals surface area contributed by atoms with Gasteiger partial charge in [-0.2, -0.15) is 0 Å². The molecule has 112 valence electrons. The molecule has 0 saturated carbocycles. The first-order chi connectivity index (χ1) is 10.1. The molecule has 1 saturated heterocycles. The second-order valence-electron chi connectivity index (χ2n) is 5.71. The Morgan fingerprint density at radius 2 is 1.95 bits per heavy atom. The number of likely N-dealkylation sites (tertiary alicyclic amines) is 1. The van der Waals surface area contributed by atoms with E-state index in [-0.39, 0.29) is 11.8 Å². The van der Waals surface area contributed by atoms with Gasteiger partial charge in [0.1, 0.15) is 0 Å². The zero-order valence-corrected chi connectivity index (χ0v) is 12.3. The Balaban J connectivity index is 1.84. The van der Waals surface area contributed by atoms with Crippen molar-refractivity contribution in [2.24, 2.45) is 0 Å². The molecule has 1 fully saturated rings. The maximum absolute atomic E-state index is 12.6. The number of pyridine rings is 1. The fourth-order valence-corrected chi connectivity index (χ4v) is 2.91. The van der Waals surface area contributed by atoms with Crippen LogP contribution in [0.1, 0.15) is 36.0 Å². The van der Waals surface area contributed by atoms with Gasteiger partial charge < -0.3 is 15.1 Å². The second-order valence-corrected chi connectivity index (χ2v) is 5.71. The number of fused-ring (bicyclic) bond motifs is 1. The molecule has 0 aromatic carbocycles. The van der Waals surface area contributed by atoms with Gasteiger partial charge in [0.15, 0.2) is 5.82 Å². The predicted octanol–water partition coefficient (Wildman–Crippen LogP) is 1.49. The maximum atomic E-state index is 12.6. The highest BCUT2D eigenvalue weighted by atomic mass is 16.2. The van der Waals surface area contributed by atoms with Gasteiger partial charge in [-0.05, 0) is 18.9 Å². The number of likely N-dealkylation sites (N-methyl/N-ethyl adjacent to an activating group) is 1. The molecule has 1 N–H and O–H groups in total. The van der Waals surface area contributed by atoms with Crippen LogP contribution in [0.2, 0.25) is 0 Å². The van der Waals surface area contributed by atoms with Gasteiger partial charge in [0.05, 0.1) is 17.8 Å². The first kappa shape index (κ1) is 13.9. The SMILES string of the molecule is CN1CC(=O)Nc2cc(C(=O)N3CCCCCC3)cnc21. The van der Waals surface area contributed by atoms with Crippen LogP contribution in [0.25, 0.3) is 0 Å². The van der Waals surface area contributed by atoms with E-state index in [9.17, 15) is 9.59 Å². The summed E-state index contributed by atoms with van der Waals surface area (Å²) < 4.78 is 0. The standard InChI is InChI=1S/C15H20N4O2/c1-18-10-13(20)17-12-8-11(9-16-14(12)18)15(21)19-6-4-2-3-5-7-19/h8-9H,2-7,10H2,1H3,(H,17,20). The van der Waals surface area contributed by atoms with Crippen molar-refractivity contribution in [3.8, 4) is 0 Å². The molecule has 2 aliphatic heterocycles. The monoisotopic (exact) mass is 288 g/mol. The van der Waals surface area contributed by atoms with Crippen LogP contribution in [0, 0.1) is 0 Å². The molecule has 21 heavy (non-hydrogen) atoms. The van der Waals surface area contributed by atoms with Crippen molar-refractivity contribution < 1.29 is 9.59 Å². The summed E-state index contributed by atoms with van der Waals surface area (Å²) in [6.45, 7) is 1.91. The molecule has 0 unspecified atom stereocenters. The van der Waals surface area contributed by atoms with Gasteiger partial charge in [0.2, 0.25) is 5.91 Å². The van der Waals surface area contributed by atoms with Crippen molar-refractivity contribution in [1.82, 2.24) is 9.88 Å². The van der Waals surface area contributed by atoms with Crippen LogP contribution in [0.15, 0.2) is 12.3 Å². The third kappa shape index (κ3) is 2.84. The van der Waals surface area contributed by atoms with Crippen molar-refractivity contribution in [3.63, 3.8) is 0 Å². The molecule has 3 rings (SSSR count). The summed E-state index contributed by atoms with van der Waals surface area (Å²) >= 11 is 0. The highest BCUT2D eigenvalue weighted by molar-refractivity contribution is 6.02. The molecule has 2 aliphatic rings. The van der Waals surface area contributed by atoms with Crippen molar-refractivity contribution in [1.29, 1.82) is 0 Å². The van der Waals surface area contributed by atoms with Crippen LogP contribution < -0.4 is 10.2 Å². The quantitative estimate of drug-likeness (QED) is 0.850. The zero-order valence-electron chi connectivity index (χ0n) is 12.3. The third-order valence-corrected chi connectivity index (χ3v) is 4.02. The molecule has 6 nitrogen and oxygen atoms in total. The van der Waals surface area contributed by atoms with Crippen LogP contribution in [0.4, 0.5) is 11.5 Å². The molecular weight excluding hydrogens is 268 g/mol. The Labute approximate surface area is 124 Å². The minimum absolute atomic E-state index is 0.00896. The first-order valence-electron chi connectivity index (χ1n) is 7.45. The lowest BCUT2D eigenvalue weighted by Gasteiger charge is -2.27. The molecule has 0 radical (unpaired) electrons. The number of rotatable bonds is 1. The number of nitrogens with one attached hydrogen (secondary N) is 1. The van der Waals surface area contributed by atoms with Gasteiger partial charge in [-0.15, -0.1) is 0 Å². The van der Waals surface area contributed by atoms with E-state index in [1.54, 1.807) is 17.2 Å². The molecule has 0 bridgehead atoms. The number of aromatic nitrogens is 1. The van der Waals surface area contributed by atoms with Crippen LogP contribution in [-0.2, 0) is 4.79 Å². The summed E-state index contributed by atoms with van der Waals surface area (Å²) in [5, 5.41) is 2.79. The van der Waals surface area contributed by atoms with Gasteiger partial charge in [0.25, 0.3) is 5.91 Å². The average Bonchev–Trinajstić information content (AvgIpc) is 2.74. The molecule has 2 amide bonds. The fourth-order valence-electron chi connectivity index (χ4n) is 2.91. The Kier molecular flexibility index (Phi) is 3.77. The number of carbonyl (C=O) groups excluding carboxylic acids is 2. The zero-order chi connectivity index (χ0) is 14.8. The van der Waals surface area contributed by atoms with Gasteiger partial charge in [-0.25, -0.2) is 4.98 Å². The van der Waals surface area contributed by atoms with Gasteiger partial charge in [-0.1, -0.05) is 12.8 Å². The number of nitrogens with zero attached hydrogens (tertiary/aromatic N) is 3. The van der Waals surface area contributed by atoms with Crippen LogP contribution in [-0.4, -0.2) is 48.4 Å². The number of carbonyl (C=O) groups is 2. The lowest BCUT2D eigenvalue weighted by Crippen LogP contribution is -2.37. The van der Waals surface area contributed by atoms with E-state index in [0.717, 1.165) is 25.9 Å². The second kappa shape index (κ2) is 5.71. The molecule has 0 spiro atoms. The van der Waals surface area contributed by atoms with Gasteiger partial charge in [-0.3, -0.25) is 9.59 Å². The Morgan fingerprint density at radius 3 is 2.67 bits per heavy atom. The van der Waals surface area contributed by atoms with E-state index in [0.29, 0.717) is 23.6 Å². The number of anilines is 2. The Hall–Kier alpha value is -2.11. The molecule has 0 atom stereocenters. The highest BCUT2D eigenvalue weighted by Gasteiger charge is 2.23. The Bertz CT molecular complexity index is 565. The van der Waals surface area contributed by atoms with Crippen molar-refractivity contribution >= 4 is 23.3 Å². The molecule has 0 aliphatic carbocycles. The molecule has 1 aromatic heterocycles. The average molecular weight is 288 g/mol. The van der Waals surface area contributed by atoms with Gasteiger partial charge in [0, 0.05) is 26.3 Å². The topological polar surface area (TPSA) is 65.5 Å². The maximum Gasteiger partial charge on any atom is 0.255 e. The predicted molar refractivity (Wildman–Crippen MR) is 80.5 cm³/mol. The Morgan fingerprint density at radius 1 is 1.24 bits per heavy atom. The third-order valence-electron chi connectivity index (χ3n) is 4.02. The number of hydrogen-bond donors (Lipinski definition) is 1.